The summed E-state index contributed by atoms with van der Waals surface area (Å²) in [5.74, 6) is 0.126. The summed E-state index contributed by atoms with van der Waals surface area (Å²) in [6, 6.07) is 7.00. The zero-order valence-corrected chi connectivity index (χ0v) is 12.9. The second kappa shape index (κ2) is 8.00. The third-order valence-electron chi connectivity index (χ3n) is 3.25. The van der Waals surface area contributed by atoms with Crippen LogP contribution in [0.3, 0.4) is 0 Å². The summed E-state index contributed by atoms with van der Waals surface area (Å²) >= 11 is 0. The summed E-state index contributed by atoms with van der Waals surface area (Å²) < 4.78 is 0. The largest absolute Gasteiger partial charge is 0.352 e. The smallest absolute Gasteiger partial charge is 0.251 e. The topological polar surface area (TPSA) is 84.2 Å². The fourth-order valence-electron chi connectivity index (χ4n) is 1.81. The van der Waals surface area contributed by atoms with Crippen LogP contribution in [0, 0.1) is 5.92 Å². The summed E-state index contributed by atoms with van der Waals surface area (Å²) in [4.78, 5) is 23.4. The van der Waals surface area contributed by atoms with Gasteiger partial charge in [-0.1, -0.05) is 0 Å². The Bertz CT molecular complexity index is 484. The molecule has 0 radical (unpaired) electrons. The predicted octanol–water partition coefficient (Wildman–Crippen LogP) is 1.92. The van der Waals surface area contributed by atoms with Crippen LogP contribution in [0.4, 0.5) is 5.69 Å². The molecule has 2 amide bonds. The first-order valence-electron chi connectivity index (χ1n) is 7.01. The lowest BCUT2D eigenvalue weighted by atomic mass is 10.2. The van der Waals surface area contributed by atoms with Crippen LogP contribution >= 0.6 is 12.4 Å². The average molecular weight is 312 g/mol. The van der Waals surface area contributed by atoms with Gasteiger partial charge in [0.05, 0.1) is 0 Å². The molecule has 1 aliphatic rings. The second-order valence-electron chi connectivity index (χ2n) is 5.36. The van der Waals surface area contributed by atoms with E-state index in [0.717, 1.165) is 24.9 Å². The van der Waals surface area contributed by atoms with Crippen LogP contribution in [0.1, 0.15) is 36.5 Å². The van der Waals surface area contributed by atoms with Gasteiger partial charge in [-0.2, -0.15) is 0 Å². The number of nitrogens with one attached hydrogen (secondary N) is 2. The Morgan fingerprint density at radius 3 is 2.43 bits per heavy atom. The van der Waals surface area contributed by atoms with Crippen LogP contribution in [0.2, 0.25) is 0 Å². The number of anilines is 1. The molecule has 2 rings (SSSR count). The molecule has 0 aromatic heterocycles. The van der Waals surface area contributed by atoms with E-state index in [9.17, 15) is 9.59 Å². The predicted molar refractivity (Wildman–Crippen MR) is 85.6 cm³/mol. The zero-order valence-electron chi connectivity index (χ0n) is 12.1. The molecule has 1 saturated carbocycles. The lowest BCUT2D eigenvalue weighted by Crippen LogP contribution is -2.28. The van der Waals surface area contributed by atoms with Gasteiger partial charge >= 0.3 is 0 Å². The minimum Gasteiger partial charge on any atom is -0.352 e. The number of halogens is 1. The molecule has 1 fully saturated rings. The van der Waals surface area contributed by atoms with Crippen molar-refractivity contribution in [3.05, 3.63) is 29.8 Å². The van der Waals surface area contributed by atoms with Crippen molar-refractivity contribution in [2.24, 2.45) is 11.7 Å². The van der Waals surface area contributed by atoms with E-state index in [1.165, 1.54) is 0 Å². The molecular weight excluding hydrogens is 290 g/mol. The number of rotatable bonds is 6. The Labute approximate surface area is 131 Å². The molecule has 1 unspecified atom stereocenters. The molecular formula is C15H22ClN3O2. The van der Waals surface area contributed by atoms with E-state index in [4.69, 9.17) is 5.73 Å². The van der Waals surface area contributed by atoms with Gasteiger partial charge in [-0.25, -0.2) is 0 Å². The van der Waals surface area contributed by atoms with Crippen molar-refractivity contribution in [2.75, 3.05) is 11.9 Å². The number of carbonyl (C=O) groups excluding carboxylic acids is 2. The second-order valence-corrected chi connectivity index (χ2v) is 5.36. The van der Waals surface area contributed by atoms with Crippen molar-refractivity contribution >= 4 is 29.9 Å². The number of benzene rings is 1. The SMILES string of the molecule is CC(N)CCNC(=O)c1ccc(NC(=O)C2CC2)cc1.Cl. The minimum absolute atomic E-state index is 0. The van der Waals surface area contributed by atoms with Gasteiger partial charge in [0.1, 0.15) is 0 Å². The lowest BCUT2D eigenvalue weighted by Gasteiger charge is -2.08. The van der Waals surface area contributed by atoms with E-state index in [1.54, 1.807) is 24.3 Å². The Kier molecular flexibility index (Phi) is 6.65. The van der Waals surface area contributed by atoms with Crippen molar-refractivity contribution in [1.29, 1.82) is 0 Å². The highest BCUT2D eigenvalue weighted by Gasteiger charge is 2.29. The van der Waals surface area contributed by atoms with Crippen molar-refractivity contribution in [1.82, 2.24) is 5.32 Å². The highest BCUT2D eigenvalue weighted by Crippen LogP contribution is 2.30. The molecule has 21 heavy (non-hydrogen) atoms. The molecule has 0 heterocycles. The first kappa shape index (κ1) is 17.5. The van der Waals surface area contributed by atoms with Gasteiger partial charge in [-0.3, -0.25) is 9.59 Å². The van der Waals surface area contributed by atoms with Crippen LogP contribution in [-0.2, 0) is 4.79 Å². The third-order valence-corrected chi connectivity index (χ3v) is 3.25. The number of hydrogen-bond donors (Lipinski definition) is 3. The van der Waals surface area contributed by atoms with E-state index in [0.29, 0.717) is 12.1 Å². The Morgan fingerprint density at radius 1 is 1.29 bits per heavy atom. The van der Waals surface area contributed by atoms with Crippen molar-refractivity contribution in [2.45, 2.75) is 32.2 Å². The van der Waals surface area contributed by atoms with Crippen LogP contribution in [-0.4, -0.2) is 24.4 Å². The zero-order chi connectivity index (χ0) is 14.5. The molecule has 4 N–H and O–H groups in total. The van der Waals surface area contributed by atoms with E-state index in [-0.39, 0.29) is 36.2 Å². The van der Waals surface area contributed by atoms with Crippen LogP contribution in [0.15, 0.2) is 24.3 Å². The normalized spacial score (nSPS) is 14.8. The fraction of sp³-hybridized carbons (Fsp3) is 0.467. The monoisotopic (exact) mass is 311 g/mol. The number of nitrogens with two attached hydrogens (primary N) is 1. The van der Waals surface area contributed by atoms with Gasteiger partial charge < -0.3 is 16.4 Å². The maximum Gasteiger partial charge on any atom is 0.251 e. The van der Waals surface area contributed by atoms with Gasteiger partial charge in [-0.05, 0) is 50.5 Å². The maximum absolute atomic E-state index is 11.8. The van der Waals surface area contributed by atoms with Crippen molar-refractivity contribution < 1.29 is 9.59 Å². The standard InChI is InChI=1S/C15H21N3O2.ClH/c1-10(16)8-9-17-14(19)11-4-6-13(7-5-11)18-15(20)12-2-3-12;/h4-7,10,12H,2-3,8-9,16H2,1H3,(H,17,19)(H,18,20);1H. The highest BCUT2D eigenvalue weighted by molar-refractivity contribution is 5.96. The molecule has 0 bridgehead atoms. The first-order valence-corrected chi connectivity index (χ1v) is 7.01. The molecule has 1 atom stereocenters. The molecule has 5 nitrogen and oxygen atoms in total. The molecule has 6 heteroatoms. The van der Waals surface area contributed by atoms with Crippen LogP contribution in [0.5, 0.6) is 0 Å². The van der Waals surface area contributed by atoms with Gasteiger partial charge in [0.25, 0.3) is 5.91 Å². The average Bonchev–Trinajstić information content (AvgIpc) is 3.23. The van der Waals surface area contributed by atoms with E-state index < -0.39 is 0 Å². The Morgan fingerprint density at radius 2 is 1.90 bits per heavy atom. The highest BCUT2D eigenvalue weighted by atomic mass is 35.5. The molecule has 116 valence electrons. The maximum atomic E-state index is 11.8. The van der Waals surface area contributed by atoms with E-state index >= 15 is 0 Å². The summed E-state index contributed by atoms with van der Waals surface area (Å²) in [5.41, 5.74) is 6.93. The quantitative estimate of drug-likeness (QED) is 0.750. The molecule has 0 spiro atoms. The van der Waals surface area contributed by atoms with Gasteiger partial charge in [0.15, 0.2) is 0 Å². The minimum atomic E-state index is -0.120. The summed E-state index contributed by atoms with van der Waals surface area (Å²) in [5, 5.41) is 5.65. The number of amides is 2. The molecule has 1 aromatic rings. The van der Waals surface area contributed by atoms with Gasteiger partial charge in [0, 0.05) is 29.8 Å². The van der Waals surface area contributed by atoms with Gasteiger partial charge in [-0.15, -0.1) is 12.4 Å². The molecule has 0 aliphatic heterocycles. The van der Waals surface area contributed by atoms with Crippen molar-refractivity contribution in [3.8, 4) is 0 Å². The summed E-state index contributed by atoms with van der Waals surface area (Å²) in [6.07, 6.45) is 2.71. The summed E-state index contributed by atoms with van der Waals surface area (Å²) in [6.45, 7) is 2.47. The van der Waals surface area contributed by atoms with E-state index in [1.807, 2.05) is 6.92 Å². The fourth-order valence-corrected chi connectivity index (χ4v) is 1.81. The summed E-state index contributed by atoms with van der Waals surface area (Å²) in [7, 11) is 0. The Balaban J connectivity index is 0.00000220. The third kappa shape index (κ3) is 5.73. The number of carbonyl (C=O) groups is 2. The number of hydrogen-bond acceptors (Lipinski definition) is 3. The first-order chi connectivity index (χ1) is 9.56. The van der Waals surface area contributed by atoms with Crippen molar-refractivity contribution in [3.63, 3.8) is 0 Å². The molecule has 0 saturated heterocycles. The van der Waals surface area contributed by atoms with Crippen LogP contribution < -0.4 is 16.4 Å². The van der Waals surface area contributed by atoms with E-state index in [2.05, 4.69) is 10.6 Å². The molecule has 1 aliphatic carbocycles. The van der Waals surface area contributed by atoms with Crippen LogP contribution in [0.25, 0.3) is 0 Å². The Hall–Kier alpha value is -1.59. The van der Waals surface area contributed by atoms with Gasteiger partial charge in [0.2, 0.25) is 5.91 Å². The molecule has 1 aromatic carbocycles. The lowest BCUT2D eigenvalue weighted by molar-refractivity contribution is -0.117.